The van der Waals surface area contributed by atoms with E-state index in [1.165, 1.54) is 0 Å². The third-order valence-electron chi connectivity index (χ3n) is 2.35. The highest BCUT2D eigenvalue weighted by Crippen LogP contribution is 2.06. The Kier molecular flexibility index (Phi) is 10.5. The second-order valence-corrected chi connectivity index (χ2v) is 4.01. The van der Waals surface area contributed by atoms with Crippen molar-refractivity contribution in [1.29, 1.82) is 0 Å². The Labute approximate surface area is 97.6 Å². The van der Waals surface area contributed by atoms with Crippen molar-refractivity contribution < 1.29 is 19.7 Å². The van der Waals surface area contributed by atoms with Crippen LogP contribution in [0.4, 0.5) is 0 Å². The summed E-state index contributed by atoms with van der Waals surface area (Å²) in [5, 5.41) is 16.7. The van der Waals surface area contributed by atoms with Gasteiger partial charge in [-0.05, 0) is 32.1 Å². The van der Waals surface area contributed by atoms with E-state index in [2.05, 4.69) is 6.92 Å². The van der Waals surface area contributed by atoms with E-state index in [1.807, 2.05) is 0 Å². The molecule has 0 bridgehead atoms. The summed E-state index contributed by atoms with van der Waals surface area (Å²) in [6.45, 7) is 2.72. The molecular formula is C12H24O4. The normalized spacial score (nSPS) is 16.1. The number of carbonyl (C=O) groups excluding carboxylic acids is 1. The van der Waals surface area contributed by atoms with Crippen LogP contribution in [0.15, 0.2) is 0 Å². The standard InChI is InChI=1S/C6H10O2.C6H14O2/c7-6-4-2-1-3-5-8-6;1-2-3-4-5-6(7)8/h1-5H2;6-8H,2-5H2,1H3. The molecule has 0 amide bonds. The van der Waals surface area contributed by atoms with Crippen LogP contribution in [0.25, 0.3) is 0 Å². The largest absolute Gasteiger partial charge is 0.466 e. The highest BCUT2D eigenvalue weighted by atomic mass is 16.5. The molecule has 1 aliphatic rings. The first-order valence-corrected chi connectivity index (χ1v) is 6.18. The zero-order valence-corrected chi connectivity index (χ0v) is 10.2. The molecule has 0 saturated carbocycles. The van der Waals surface area contributed by atoms with Crippen LogP contribution in [0.3, 0.4) is 0 Å². The predicted octanol–water partition coefficient (Wildman–Crippen LogP) is 1.98. The quantitative estimate of drug-likeness (QED) is 0.442. The third-order valence-corrected chi connectivity index (χ3v) is 2.35. The van der Waals surface area contributed by atoms with Crippen LogP contribution in [-0.4, -0.2) is 29.1 Å². The van der Waals surface area contributed by atoms with Gasteiger partial charge in [0.2, 0.25) is 0 Å². The molecule has 4 heteroatoms. The van der Waals surface area contributed by atoms with Gasteiger partial charge in [0.05, 0.1) is 6.61 Å². The second kappa shape index (κ2) is 10.9. The lowest BCUT2D eigenvalue weighted by molar-refractivity contribution is -0.142. The minimum atomic E-state index is -1.10. The molecule has 1 rings (SSSR count). The number of aliphatic hydroxyl groups is 2. The Bertz CT molecular complexity index is 158. The molecule has 1 fully saturated rings. The van der Waals surface area contributed by atoms with E-state index in [0.29, 0.717) is 19.4 Å². The first-order valence-electron chi connectivity index (χ1n) is 6.18. The summed E-state index contributed by atoms with van der Waals surface area (Å²) in [7, 11) is 0. The fourth-order valence-electron chi connectivity index (χ4n) is 1.38. The number of hydrogen-bond acceptors (Lipinski definition) is 4. The molecule has 0 aliphatic carbocycles. The third kappa shape index (κ3) is 11.5. The summed E-state index contributed by atoms with van der Waals surface area (Å²) in [4.78, 5) is 10.5. The van der Waals surface area contributed by atoms with E-state index in [9.17, 15) is 4.79 Å². The molecular weight excluding hydrogens is 208 g/mol. The Morgan fingerprint density at radius 3 is 2.62 bits per heavy atom. The Morgan fingerprint density at radius 2 is 2.00 bits per heavy atom. The van der Waals surface area contributed by atoms with Gasteiger partial charge in [-0.2, -0.15) is 0 Å². The molecule has 0 aromatic heterocycles. The number of ether oxygens (including phenoxy) is 1. The van der Waals surface area contributed by atoms with Gasteiger partial charge in [0.1, 0.15) is 0 Å². The highest BCUT2D eigenvalue weighted by Gasteiger charge is 2.05. The van der Waals surface area contributed by atoms with Gasteiger partial charge in [0.15, 0.2) is 6.29 Å². The Morgan fingerprint density at radius 1 is 1.25 bits per heavy atom. The zero-order valence-electron chi connectivity index (χ0n) is 10.2. The van der Waals surface area contributed by atoms with Gasteiger partial charge in [-0.25, -0.2) is 0 Å². The maximum atomic E-state index is 10.5. The van der Waals surface area contributed by atoms with Crippen molar-refractivity contribution in [3.8, 4) is 0 Å². The first-order chi connectivity index (χ1) is 7.66. The summed E-state index contributed by atoms with van der Waals surface area (Å²) in [6, 6.07) is 0. The lowest BCUT2D eigenvalue weighted by Crippen LogP contribution is -2.02. The smallest absolute Gasteiger partial charge is 0.305 e. The molecule has 0 spiro atoms. The number of unbranched alkanes of at least 4 members (excludes halogenated alkanes) is 2. The van der Waals surface area contributed by atoms with Crippen molar-refractivity contribution in [2.45, 2.75) is 64.6 Å². The lowest BCUT2D eigenvalue weighted by atomic mass is 10.2. The summed E-state index contributed by atoms with van der Waals surface area (Å²) in [5.74, 6) is -0.0255. The van der Waals surface area contributed by atoms with Crippen molar-refractivity contribution in [1.82, 2.24) is 0 Å². The van der Waals surface area contributed by atoms with Crippen molar-refractivity contribution in [3.05, 3.63) is 0 Å². The SMILES string of the molecule is CCCCCC(O)O.O=C1CCCCCO1. The molecule has 0 atom stereocenters. The number of hydrogen-bond donors (Lipinski definition) is 2. The number of carbonyl (C=O) groups is 1. The van der Waals surface area contributed by atoms with Gasteiger partial charge in [-0.15, -0.1) is 0 Å². The van der Waals surface area contributed by atoms with Crippen LogP contribution < -0.4 is 0 Å². The number of cyclic esters (lactones) is 1. The molecule has 1 saturated heterocycles. The second-order valence-electron chi connectivity index (χ2n) is 4.01. The van der Waals surface area contributed by atoms with Crippen LogP contribution in [0.1, 0.15) is 58.3 Å². The Balaban J connectivity index is 0.000000281. The Hall–Kier alpha value is -0.610. The fourth-order valence-corrected chi connectivity index (χ4v) is 1.38. The molecule has 1 heterocycles. The highest BCUT2D eigenvalue weighted by molar-refractivity contribution is 5.69. The number of aliphatic hydroxyl groups excluding tert-OH is 1. The molecule has 1 aliphatic heterocycles. The predicted molar refractivity (Wildman–Crippen MR) is 61.8 cm³/mol. The van der Waals surface area contributed by atoms with Crippen LogP contribution >= 0.6 is 0 Å². The summed E-state index contributed by atoms with van der Waals surface area (Å²) >= 11 is 0. The van der Waals surface area contributed by atoms with Crippen molar-refractivity contribution >= 4 is 5.97 Å². The van der Waals surface area contributed by atoms with Gasteiger partial charge in [0, 0.05) is 6.42 Å². The van der Waals surface area contributed by atoms with Gasteiger partial charge in [-0.1, -0.05) is 19.8 Å². The topological polar surface area (TPSA) is 66.8 Å². The maximum Gasteiger partial charge on any atom is 0.305 e. The van der Waals surface area contributed by atoms with Gasteiger partial charge < -0.3 is 14.9 Å². The summed E-state index contributed by atoms with van der Waals surface area (Å²) in [6.07, 6.45) is 6.41. The molecule has 0 aromatic carbocycles. The van der Waals surface area contributed by atoms with Crippen molar-refractivity contribution in [2.24, 2.45) is 0 Å². The molecule has 2 N–H and O–H groups in total. The fraction of sp³-hybridized carbons (Fsp3) is 0.917. The van der Waals surface area contributed by atoms with Gasteiger partial charge in [-0.3, -0.25) is 4.79 Å². The van der Waals surface area contributed by atoms with E-state index in [-0.39, 0.29) is 5.97 Å². The molecule has 4 nitrogen and oxygen atoms in total. The van der Waals surface area contributed by atoms with E-state index >= 15 is 0 Å². The first kappa shape index (κ1) is 15.4. The monoisotopic (exact) mass is 232 g/mol. The summed E-state index contributed by atoms with van der Waals surface area (Å²) < 4.78 is 4.76. The average Bonchev–Trinajstić information content (AvgIpc) is 2.47. The van der Waals surface area contributed by atoms with E-state index in [4.69, 9.17) is 14.9 Å². The average molecular weight is 232 g/mol. The molecule has 0 unspecified atom stereocenters. The molecule has 16 heavy (non-hydrogen) atoms. The van der Waals surface area contributed by atoms with E-state index < -0.39 is 6.29 Å². The molecule has 96 valence electrons. The van der Waals surface area contributed by atoms with Crippen LogP contribution in [-0.2, 0) is 9.53 Å². The minimum absolute atomic E-state index is 0.0255. The van der Waals surface area contributed by atoms with Gasteiger partial charge in [0.25, 0.3) is 0 Å². The van der Waals surface area contributed by atoms with Crippen LogP contribution in [0.5, 0.6) is 0 Å². The maximum absolute atomic E-state index is 10.5. The zero-order chi connectivity index (χ0) is 12.2. The lowest BCUT2D eigenvalue weighted by Gasteiger charge is -1.99. The van der Waals surface area contributed by atoms with Crippen molar-refractivity contribution in [3.63, 3.8) is 0 Å². The van der Waals surface area contributed by atoms with Gasteiger partial charge >= 0.3 is 5.97 Å². The van der Waals surface area contributed by atoms with Crippen LogP contribution in [0.2, 0.25) is 0 Å². The number of rotatable bonds is 4. The van der Waals surface area contributed by atoms with E-state index in [0.717, 1.165) is 38.5 Å². The van der Waals surface area contributed by atoms with Crippen LogP contribution in [0, 0.1) is 0 Å². The van der Waals surface area contributed by atoms with E-state index in [1.54, 1.807) is 0 Å². The molecule has 0 aromatic rings. The molecule has 0 radical (unpaired) electrons. The summed E-state index contributed by atoms with van der Waals surface area (Å²) in [5.41, 5.74) is 0. The number of esters is 1. The minimum Gasteiger partial charge on any atom is -0.466 e. The van der Waals surface area contributed by atoms with Crippen molar-refractivity contribution in [2.75, 3.05) is 6.61 Å².